The van der Waals surface area contributed by atoms with Crippen LogP contribution < -0.4 is 0 Å². The summed E-state index contributed by atoms with van der Waals surface area (Å²) in [5.74, 6) is 1.59. The average Bonchev–Trinajstić information content (AvgIpc) is 2.50. The van der Waals surface area contributed by atoms with Crippen molar-refractivity contribution in [3.8, 4) is 5.82 Å². The Morgan fingerprint density at radius 1 is 1.07 bits per heavy atom. The van der Waals surface area contributed by atoms with E-state index in [0.717, 1.165) is 23.0 Å². The van der Waals surface area contributed by atoms with Gasteiger partial charge in [0.1, 0.15) is 5.82 Å². The first-order valence-corrected chi connectivity index (χ1v) is 4.50. The molecule has 2 heterocycles. The molecule has 0 saturated heterocycles. The molecule has 0 radical (unpaired) electrons. The molecule has 4 nitrogen and oxygen atoms in total. The smallest absolute Gasteiger partial charge is 0.157 e. The van der Waals surface area contributed by atoms with Crippen LogP contribution in [-0.2, 0) is 0 Å². The van der Waals surface area contributed by atoms with Crippen LogP contribution in [0.4, 0.5) is 0 Å². The molecule has 0 aliphatic heterocycles. The number of hydrogen-bond acceptors (Lipinski definition) is 3. The van der Waals surface area contributed by atoms with Crippen LogP contribution in [0.1, 0.15) is 17.2 Å². The molecule has 72 valence electrons. The zero-order valence-corrected chi connectivity index (χ0v) is 8.52. The summed E-state index contributed by atoms with van der Waals surface area (Å²) < 4.78 is 1.76. The van der Waals surface area contributed by atoms with E-state index in [4.69, 9.17) is 0 Å². The first-order chi connectivity index (χ1) is 6.65. The van der Waals surface area contributed by atoms with Crippen molar-refractivity contribution in [2.24, 2.45) is 0 Å². The van der Waals surface area contributed by atoms with Gasteiger partial charge >= 0.3 is 0 Å². The van der Waals surface area contributed by atoms with E-state index in [9.17, 15) is 0 Å². The van der Waals surface area contributed by atoms with Crippen LogP contribution in [0.5, 0.6) is 0 Å². The molecule has 4 heteroatoms. The van der Waals surface area contributed by atoms with E-state index in [1.165, 1.54) is 0 Å². The second kappa shape index (κ2) is 3.21. The van der Waals surface area contributed by atoms with E-state index in [-0.39, 0.29) is 0 Å². The maximum absolute atomic E-state index is 4.31. The predicted molar refractivity (Wildman–Crippen MR) is 53.4 cm³/mol. The van der Waals surface area contributed by atoms with E-state index in [1.54, 1.807) is 4.68 Å². The zero-order valence-electron chi connectivity index (χ0n) is 8.52. The Kier molecular flexibility index (Phi) is 2.04. The first kappa shape index (κ1) is 8.87. The number of nitrogens with zero attached hydrogens (tertiary/aromatic N) is 4. The maximum Gasteiger partial charge on any atom is 0.157 e. The highest BCUT2D eigenvalue weighted by molar-refractivity contribution is 5.24. The van der Waals surface area contributed by atoms with Crippen LogP contribution in [0.2, 0.25) is 0 Å². The molecule has 0 unspecified atom stereocenters. The monoisotopic (exact) mass is 188 g/mol. The lowest BCUT2D eigenvalue weighted by molar-refractivity contribution is 0.811. The van der Waals surface area contributed by atoms with Gasteiger partial charge in [-0.1, -0.05) is 0 Å². The Morgan fingerprint density at radius 2 is 1.86 bits per heavy atom. The molecule has 0 aliphatic rings. The van der Waals surface area contributed by atoms with E-state index in [1.807, 2.05) is 39.1 Å². The number of aromatic nitrogens is 4. The topological polar surface area (TPSA) is 43.6 Å². The molecular formula is C10H12N4. The van der Waals surface area contributed by atoms with Crippen molar-refractivity contribution < 1.29 is 0 Å². The highest BCUT2D eigenvalue weighted by Crippen LogP contribution is 2.06. The van der Waals surface area contributed by atoms with Gasteiger partial charge in [0.25, 0.3) is 0 Å². The minimum atomic E-state index is 0.771. The van der Waals surface area contributed by atoms with Gasteiger partial charge in [-0.05, 0) is 26.8 Å². The lowest BCUT2D eigenvalue weighted by Crippen LogP contribution is -2.02. The van der Waals surface area contributed by atoms with Gasteiger partial charge in [0, 0.05) is 18.0 Å². The zero-order chi connectivity index (χ0) is 10.1. The van der Waals surface area contributed by atoms with Crippen molar-refractivity contribution in [1.82, 2.24) is 19.7 Å². The van der Waals surface area contributed by atoms with Crippen molar-refractivity contribution in [3.63, 3.8) is 0 Å². The second-order valence-corrected chi connectivity index (χ2v) is 3.32. The first-order valence-electron chi connectivity index (χ1n) is 4.50. The van der Waals surface area contributed by atoms with E-state index in [2.05, 4.69) is 15.1 Å². The summed E-state index contributed by atoms with van der Waals surface area (Å²) in [5, 5.41) is 4.29. The average molecular weight is 188 g/mol. The van der Waals surface area contributed by atoms with E-state index >= 15 is 0 Å². The van der Waals surface area contributed by atoms with Gasteiger partial charge in [0.2, 0.25) is 0 Å². The fourth-order valence-corrected chi connectivity index (χ4v) is 1.36. The molecule has 0 spiro atoms. The third-order valence-electron chi connectivity index (χ3n) is 1.91. The van der Waals surface area contributed by atoms with Gasteiger partial charge in [-0.15, -0.1) is 0 Å². The van der Waals surface area contributed by atoms with E-state index in [0.29, 0.717) is 0 Å². The van der Waals surface area contributed by atoms with Crippen molar-refractivity contribution in [2.75, 3.05) is 0 Å². The van der Waals surface area contributed by atoms with Crippen molar-refractivity contribution >= 4 is 0 Å². The van der Waals surface area contributed by atoms with Gasteiger partial charge in [-0.3, -0.25) is 0 Å². The summed E-state index contributed by atoms with van der Waals surface area (Å²) in [6, 6.07) is 3.87. The van der Waals surface area contributed by atoms with Crippen LogP contribution in [0, 0.1) is 20.8 Å². The minimum Gasteiger partial charge on any atom is -0.238 e. The third kappa shape index (κ3) is 1.64. The summed E-state index contributed by atoms with van der Waals surface area (Å²) in [7, 11) is 0. The molecule has 2 aromatic rings. The standard InChI is InChI=1S/C10H12N4/c1-7-4-5-14(13-7)10-6-8(2)11-9(3)12-10/h4-6H,1-3H3. The summed E-state index contributed by atoms with van der Waals surface area (Å²) >= 11 is 0. The summed E-state index contributed by atoms with van der Waals surface area (Å²) in [6.45, 7) is 5.79. The SMILES string of the molecule is Cc1cc(-n2ccc(C)n2)nc(C)n1. The Hall–Kier alpha value is -1.71. The predicted octanol–water partition coefficient (Wildman–Crippen LogP) is 1.59. The van der Waals surface area contributed by atoms with Gasteiger partial charge in [-0.2, -0.15) is 5.10 Å². The molecular weight excluding hydrogens is 176 g/mol. The van der Waals surface area contributed by atoms with Gasteiger partial charge in [-0.25, -0.2) is 14.6 Å². The summed E-state index contributed by atoms with van der Waals surface area (Å²) in [4.78, 5) is 8.52. The van der Waals surface area contributed by atoms with Crippen molar-refractivity contribution in [3.05, 3.63) is 35.5 Å². The summed E-state index contributed by atoms with van der Waals surface area (Å²) in [5.41, 5.74) is 1.94. The molecule has 2 aromatic heterocycles. The molecule has 0 fully saturated rings. The fraction of sp³-hybridized carbons (Fsp3) is 0.300. The number of hydrogen-bond donors (Lipinski definition) is 0. The molecule has 0 saturated carbocycles. The Morgan fingerprint density at radius 3 is 2.43 bits per heavy atom. The molecule has 0 amide bonds. The largest absolute Gasteiger partial charge is 0.238 e. The maximum atomic E-state index is 4.31. The molecule has 0 aromatic carbocycles. The molecule has 0 N–H and O–H groups in total. The highest BCUT2D eigenvalue weighted by atomic mass is 15.3. The van der Waals surface area contributed by atoms with Crippen LogP contribution in [-0.4, -0.2) is 19.7 Å². The molecule has 0 bridgehead atoms. The Bertz CT molecular complexity index is 439. The molecule has 2 rings (SSSR count). The lowest BCUT2D eigenvalue weighted by atomic mass is 10.4. The minimum absolute atomic E-state index is 0.771. The number of rotatable bonds is 1. The van der Waals surface area contributed by atoms with Crippen LogP contribution >= 0.6 is 0 Å². The molecule has 0 atom stereocenters. The fourth-order valence-electron chi connectivity index (χ4n) is 1.36. The van der Waals surface area contributed by atoms with Crippen LogP contribution in [0.25, 0.3) is 5.82 Å². The van der Waals surface area contributed by atoms with Crippen LogP contribution in [0.15, 0.2) is 18.3 Å². The molecule has 14 heavy (non-hydrogen) atoms. The Labute approximate surface area is 82.6 Å². The quantitative estimate of drug-likeness (QED) is 0.682. The van der Waals surface area contributed by atoms with Crippen LogP contribution in [0.3, 0.4) is 0 Å². The Balaban J connectivity index is 2.51. The second-order valence-electron chi connectivity index (χ2n) is 3.32. The van der Waals surface area contributed by atoms with Crippen molar-refractivity contribution in [1.29, 1.82) is 0 Å². The third-order valence-corrected chi connectivity index (χ3v) is 1.91. The highest BCUT2D eigenvalue weighted by Gasteiger charge is 2.01. The van der Waals surface area contributed by atoms with E-state index < -0.39 is 0 Å². The normalized spacial score (nSPS) is 10.5. The lowest BCUT2D eigenvalue weighted by Gasteiger charge is -2.02. The summed E-state index contributed by atoms with van der Waals surface area (Å²) in [6.07, 6.45) is 1.90. The van der Waals surface area contributed by atoms with Crippen molar-refractivity contribution in [2.45, 2.75) is 20.8 Å². The van der Waals surface area contributed by atoms with Gasteiger partial charge < -0.3 is 0 Å². The van der Waals surface area contributed by atoms with Gasteiger partial charge in [0.15, 0.2) is 5.82 Å². The molecule has 0 aliphatic carbocycles. The number of aryl methyl sites for hydroxylation is 3. The van der Waals surface area contributed by atoms with Gasteiger partial charge in [0.05, 0.1) is 5.69 Å².